The first-order chi connectivity index (χ1) is 15.5. The van der Waals surface area contributed by atoms with Gasteiger partial charge in [-0.05, 0) is 60.0 Å². The summed E-state index contributed by atoms with van der Waals surface area (Å²) in [6.45, 7) is 2.28. The summed E-state index contributed by atoms with van der Waals surface area (Å²) in [5, 5.41) is 0.836. The molecule has 6 nitrogen and oxygen atoms in total. The normalized spacial score (nSPS) is 10.8. The van der Waals surface area contributed by atoms with Crippen molar-refractivity contribution in [3.8, 4) is 34.1 Å². The van der Waals surface area contributed by atoms with Gasteiger partial charge in [0.05, 0.1) is 26.9 Å². The first-order valence-corrected chi connectivity index (χ1v) is 10.1. The first-order valence-electron chi connectivity index (χ1n) is 10.1. The van der Waals surface area contributed by atoms with E-state index in [1.54, 1.807) is 39.5 Å². The van der Waals surface area contributed by atoms with Crippen LogP contribution in [0, 0.1) is 6.92 Å². The highest BCUT2D eigenvalue weighted by Gasteiger charge is 2.16. The van der Waals surface area contributed by atoms with E-state index in [1.165, 1.54) is 0 Å². The topological polar surface area (TPSA) is 67.1 Å². The predicted molar refractivity (Wildman–Crippen MR) is 123 cm³/mol. The molecular weight excluding hydrogens is 408 g/mol. The van der Waals surface area contributed by atoms with E-state index in [1.807, 2.05) is 49.4 Å². The van der Waals surface area contributed by atoms with E-state index in [9.17, 15) is 4.79 Å². The Labute approximate surface area is 185 Å². The van der Waals surface area contributed by atoms with E-state index in [2.05, 4.69) is 0 Å². The summed E-state index contributed by atoms with van der Waals surface area (Å²) < 4.78 is 27.5. The van der Waals surface area contributed by atoms with Gasteiger partial charge in [-0.15, -0.1) is 0 Å². The number of hydrogen-bond donors (Lipinski definition) is 0. The number of benzene rings is 3. The molecule has 0 atom stereocenters. The van der Waals surface area contributed by atoms with E-state index < -0.39 is 5.63 Å². The average Bonchev–Trinajstić information content (AvgIpc) is 2.82. The van der Waals surface area contributed by atoms with Crippen LogP contribution in [0.2, 0.25) is 0 Å². The maximum atomic E-state index is 12.9. The van der Waals surface area contributed by atoms with Gasteiger partial charge in [0, 0.05) is 11.5 Å². The van der Waals surface area contributed by atoms with Crippen molar-refractivity contribution in [2.24, 2.45) is 0 Å². The molecule has 0 aliphatic heterocycles. The molecule has 0 aliphatic carbocycles. The van der Waals surface area contributed by atoms with Crippen LogP contribution in [0.5, 0.6) is 23.0 Å². The Morgan fingerprint density at radius 3 is 2.38 bits per heavy atom. The molecule has 0 unspecified atom stereocenters. The van der Waals surface area contributed by atoms with Crippen molar-refractivity contribution in [3.63, 3.8) is 0 Å². The van der Waals surface area contributed by atoms with E-state index >= 15 is 0 Å². The molecule has 164 valence electrons. The second-order valence-corrected chi connectivity index (χ2v) is 7.26. The largest absolute Gasteiger partial charge is 0.497 e. The van der Waals surface area contributed by atoms with Crippen molar-refractivity contribution in [2.75, 3.05) is 21.3 Å². The number of rotatable bonds is 7. The zero-order valence-electron chi connectivity index (χ0n) is 18.4. The van der Waals surface area contributed by atoms with Crippen molar-refractivity contribution in [2.45, 2.75) is 13.5 Å². The van der Waals surface area contributed by atoms with Crippen LogP contribution in [-0.2, 0) is 6.61 Å². The van der Waals surface area contributed by atoms with Gasteiger partial charge in [-0.25, -0.2) is 4.79 Å². The Morgan fingerprint density at radius 2 is 1.62 bits per heavy atom. The van der Waals surface area contributed by atoms with Gasteiger partial charge in [0.15, 0.2) is 11.5 Å². The van der Waals surface area contributed by atoms with E-state index in [-0.39, 0.29) is 0 Å². The highest BCUT2D eigenvalue weighted by Crippen LogP contribution is 2.34. The fourth-order valence-electron chi connectivity index (χ4n) is 3.68. The number of ether oxygens (including phenoxy) is 4. The third-order valence-corrected chi connectivity index (χ3v) is 5.35. The molecule has 32 heavy (non-hydrogen) atoms. The molecule has 1 heterocycles. The minimum absolute atomic E-state index is 0.371. The van der Waals surface area contributed by atoms with Crippen LogP contribution in [0.15, 0.2) is 69.9 Å². The minimum atomic E-state index is -0.424. The van der Waals surface area contributed by atoms with Gasteiger partial charge in [-0.2, -0.15) is 0 Å². The molecule has 6 heteroatoms. The summed E-state index contributed by atoms with van der Waals surface area (Å²) in [5.74, 6) is 2.53. The highest BCUT2D eigenvalue weighted by molar-refractivity contribution is 5.87. The van der Waals surface area contributed by atoms with Crippen LogP contribution in [-0.4, -0.2) is 21.3 Å². The Kier molecular flexibility index (Phi) is 6.03. The second kappa shape index (κ2) is 9.06. The third kappa shape index (κ3) is 4.12. The lowest BCUT2D eigenvalue weighted by molar-refractivity contribution is 0.305. The molecule has 4 rings (SSSR count). The van der Waals surface area contributed by atoms with Crippen LogP contribution in [0.1, 0.15) is 11.1 Å². The molecule has 3 aromatic carbocycles. The molecule has 0 saturated carbocycles. The third-order valence-electron chi connectivity index (χ3n) is 5.35. The Bertz CT molecular complexity index is 1320. The Hall–Kier alpha value is -3.93. The van der Waals surface area contributed by atoms with Crippen LogP contribution in [0.4, 0.5) is 0 Å². The quantitative estimate of drug-likeness (QED) is 0.366. The van der Waals surface area contributed by atoms with E-state index in [4.69, 9.17) is 23.4 Å². The number of methoxy groups -OCH3 is 3. The SMILES string of the molecule is COc1cccc(COc2ccc3c(C)c(-c4ccc(OC)c(OC)c4)c(=O)oc3c2)c1. The van der Waals surface area contributed by atoms with Gasteiger partial charge in [0.1, 0.15) is 23.7 Å². The fraction of sp³-hybridized carbons (Fsp3) is 0.192. The van der Waals surface area contributed by atoms with Gasteiger partial charge in [0.2, 0.25) is 0 Å². The first kappa shape index (κ1) is 21.3. The van der Waals surface area contributed by atoms with Crippen molar-refractivity contribution in [1.29, 1.82) is 0 Å². The summed E-state index contributed by atoms with van der Waals surface area (Å²) in [4.78, 5) is 12.9. The fourth-order valence-corrected chi connectivity index (χ4v) is 3.68. The Morgan fingerprint density at radius 1 is 0.812 bits per heavy atom. The minimum Gasteiger partial charge on any atom is -0.497 e. The van der Waals surface area contributed by atoms with Gasteiger partial charge in [-0.1, -0.05) is 18.2 Å². The molecule has 0 fully saturated rings. The molecule has 0 N–H and O–H groups in total. The predicted octanol–water partition coefficient (Wildman–Crippen LogP) is 5.37. The summed E-state index contributed by atoms with van der Waals surface area (Å²) >= 11 is 0. The summed E-state index contributed by atoms with van der Waals surface area (Å²) in [6, 6.07) is 18.5. The van der Waals surface area contributed by atoms with Gasteiger partial charge < -0.3 is 23.4 Å². The number of fused-ring (bicyclic) bond motifs is 1. The molecule has 0 spiro atoms. The molecule has 0 saturated heterocycles. The van der Waals surface area contributed by atoms with Crippen LogP contribution >= 0.6 is 0 Å². The lowest BCUT2D eigenvalue weighted by Gasteiger charge is -2.12. The monoisotopic (exact) mass is 432 g/mol. The maximum Gasteiger partial charge on any atom is 0.344 e. The molecule has 0 amide bonds. The van der Waals surface area contributed by atoms with Crippen molar-refractivity contribution in [3.05, 3.63) is 82.2 Å². The Balaban J connectivity index is 1.67. The summed E-state index contributed by atoms with van der Waals surface area (Å²) in [5.41, 5.74) is 3.04. The zero-order valence-corrected chi connectivity index (χ0v) is 18.4. The van der Waals surface area contributed by atoms with E-state index in [0.717, 1.165) is 22.3 Å². The summed E-state index contributed by atoms with van der Waals surface area (Å²) in [7, 11) is 4.76. The lowest BCUT2D eigenvalue weighted by Crippen LogP contribution is -2.06. The molecule has 0 aliphatic rings. The zero-order chi connectivity index (χ0) is 22.7. The number of aryl methyl sites for hydroxylation is 1. The van der Waals surface area contributed by atoms with Gasteiger partial charge >= 0.3 is 5.63 Å². The van der Waals surface area contributed by atoms with Crippen molar-refractivity contribution >= 4 is 11.0 Å². The highest BCUT2D eigenvalue weighted by atomic mass is 16.5. The smallest absolute Gasteiger partial charge is 0.344 e. The van der Waals surface area contributed by atoms with Crippen LogP contribution in [0.3, 0.4) is 0 Å². The summed E-state index contributed by atoms with van der Waals surface area (Å²) in [6.07, 6.45) is 0. The van der Waals surface area contributed by atoms with Gasteiger partial charge in [-0.3, -0.25) is 0 Å². The standard InChI is InChI=1S/C26H24O6/c1-16-21-10-9-20(31-15-17-6-5-7-19(12-17)28-2)14-23(21)32-26(27)25(16)18-8-11-22(29-3)24(13-18)30-4/h5-14H,15H2,1-4H3. The van der Waals surface area contributed by atoms with Crippen molar-refractivity contribution in [1.82, 2.24) is 0 Å². The van der Waals surface area contributed by atoms with Crippen LogP contribution in [0.25, 0.3) is 22.1 Å². The molecule has 1 aromatic heterocycles. The molecular formula is C26H24O6. The van der Waals surface area contributed by atoms with Crippen LogP contribution < -0.4 is 24.6 Å². The second-order valence-electron chi connectivity index (χ2n) is 7.26. The number of hydrogen-bond acceptors (Lipinski definition) is 6. The van der Waals surface area contributed by atoms with Crippen molar-refractivity contribution < 1.29 is 23.4 Å². The molecule has 4 aromatic rings. The average molecular weight is 432 g/mol. The van der Waals surface area contributed by atoms with Gasteiger partial charge in [0.25, 0.3) is 0 Å². The maximum absolute atomic E-state index is 12.9. The lowest BCUT2D eigenvalue weighted by atomic mass is 9.99. The molecule has 0 bridgehead atoms. The van der Waals surface area contributed by atoms with E-state index in [0.29, 0.717) is 40.6 Å². The molecule has 0 radical (unpaired) electrons.